The number of nitrogens with zero attached hydrogens (tertiary/aromatic N) is 1. The molecule has 156 valence electrons. The number of benzene rings is 3. The Balaban J connectivity index is 1.69. The first-order valence-corrected chi connectivity index (χ1v) is 9.96. The van der Waals surface area contributed by atoms with E-state index in [2.05, 4.69) is 15.5 Å². The zero-order chi connectivity index (χ0) is 21.8. The quantitative estimate of drug-likeness (QED) is 0.395. The molecule has 3 aromatic carbocycles. The van der Waals surface area contributed by atoms with E-state index in [0.717, 1.165) is 27.8 Å². The second-order valence-corrected chi connectivity index (χ2v) is 7.37. The zero-order valence-electron chi connectivity index (χ0n) is 16.9. The van der Waals surface area contributed by atoms with Crippen molar-refractivity contribution in [3.63, 3.8) is 0 Å². The highest BCUT2D eigenvalue weighted by atomic mass is 19.1. The Morgan fingerprint density at radius 1 is 0.968 bits per heavy atom. The van der Waals surface area contributed by atoms with E-state index in [1.54, 1.807) is 31.5 Å². The lowest BCUT2D eigenvalue weighted by Gasteiger charge is -2.21. The van der Waals surface area contributed by atoms with Gasteiger partial charge in [0.25, 0.3) is 0 Å². The summed E-state index contributed by atoms with van der Waals surface area (Å²) in [4.78, 5) is 11.4. The number of carbonyl (C=O) groups is 1. The highest BCUT2D eigenvalue weighted by Gasteiger charge is 2.22. The van der Waals surface area contributed by atoms with E-state index >= 15 is 0 Å². The van der Waals surface area contributed by atoms with Crippen LogP contribution in [0.15, 0.2) is 85.2 Å². The van der Waals surface area contributed by atoms with Crippen molar-refractivity contribution >= 4 is 5.97 Å². The molecule has 0 aliphatic carbocycles. The number of H-pyrrole nitrogens is 1. The van der Waals surface area contributed by atoms with Gasteiger partial charge in [-0.25, -0.2) is 4.39 Å². The minimum Gasteiger partial charge on any atom is -0.480 e. The van der Waals surface area contributed by atoms with Gasteiger partial charge >= 0.3 is 5.97 Å². The molecule has 1 heterocycles. The molecule has 1 aromatic heterocycles. The number of hydrogen-bond acceptors (Lipinski definition) is 3. The molecule has 4 aromatic rings. The smallest absolute Gasteiger partial charge is 0.320 e. The molecular weight excluding hydrogens is 393 g/mol. The standard InChI is InChI=1S/C25H22FN3O2/c1-16(25(30)31)29-24(21-14-27-28-15-21)20-11-12-23(26)22(13-20)19-9-7-18(8-10-19)17-5-3-2-4-6-17/h2-16,24,29H,1H3,(H,27,28)(H,30,31). The molecular formula is C25H22FN3O2. The Morgan fingerprint density at radius 2 is 1.65 bits per heavy atom. The summed E-state index contributed by atoms with van der Waals surface area (Å²) < 4.78 is 14.7. The van der Waals surface area contributed by atoms with E-state index in [9.17, 15) is 14.3 Å². The van der Waals surface area contributed by atoms with Gasteiger partial charge in [-0.1, -0.05) is 60.7 Å². The molecule has 2 unspecified atom stereocenters. The van der Waals surface area contributed by atoms with Gasteiger partial charge in [-0.3, -0.25) is 15.2 Å². The van der Waals surface area contributed by atoms with Crippen molar-refractivity contribution in [2.24, 2.45) is 0 Å². The summed E-state index contributed by atoms with van der Waals surface area (Å²) in [5, 5.41) is 19.1. The third kappa shape index (κ3) is 4.54. The predicted octanol–water partition coefficient (Wildman–Crippen LogP) is 5.03. The van der Waals surface area contributed by atoms with Gasteiger partial charge in [0.1, 0.15) is 11.9 Å². The van der Waals surface area contributed by atoms with Crippen LogP contribution in [-0.2, 0) is 4.79 Å². The van der Waals surface area contributed by atoms with Crippen LogP contribution in [0.25, 0.3) is 22.3 Å². The SMILES string of the molecule is CC(NC(c1cn[nH]c1)c1ccc(F)c(-c2ccc(-c3ccccc3)cc2)c1)C(=O)O. The summed E-state index contributed by atoms with van der Waals surface area (Å²) in [5.41, 5.74) is 4.86. The van der Waals surface area contributed by atoms with Gasteiger partial charge in [-0.2, -0.15) is 5.10 Å². The Bertz CT molecular complexity index is 1160. The van der Waals surface area contributed by atoms with E-state index in [1.165, 1.54) is 6.07 Å². The molecule has 0 fully saturated rings. The van der Waals surface area contributed by atoms with Gasteiger partial charge < -0.3 is 5.11 Å². The normalized spacial score (nSPS) is 13.0. The lowest BCUT2D eigenvalue weighted by Crippen LogP contribution is -2.37. The fourth-order valence-electron chi connectivity index (χ4n) is 3.54. The molecule has 0 aliphatic rings. The first-order chi connectivity index (χ1) is 15.0. The highest BCUT2D eigenvalue weighted by Crippen LogP contribution is 2.31. The summed E-state index contributed by atoms with van der Waals surface area (Å²) in [6, 6.07) is 21.3. The van der Waals surface area contributed by atoms with Crippen molar-refractivity contribution in [2.75, 3.05) is 0 Å². The minimum atomic E-state index is -0.965. The van der Waals surface area contributed by atoms with E-state index in [1.807, 2.05) is 54.6 Å². The molecule has 0 amide bonds. The molecule has 0 radical (unpaired) electrons. The van der Waals surface area contributed by atoms with Crippen molar-refractivity contribution in [1.29, 1.82) is 0 Å². The Hall–Kier alpha value is -3.77. The Labute approximate surface area is 179 Å². The number of aromatic nitrogens is 2. The minimum absolute atomic E-state index is 0.339. The Kier molecular flexibility index (Phi) is 5.91. The second kappa shape index (κ2) is 8.93. The van der Waals surface area contributed by atoms with Crippen molar-refractivity contribution in [2.45, 2.75) is 19.0 Å². The predicted molar refractivity (Wildman–Crippen MR) is 118 cm³/mol. The first kappa shape index (κ1) is 20.5. The fourth-order valence-corrected chi connectivity index (χ4v) is 3.54. The summed E-state index contributed by atoms with van der Waals surface area (Å²) in [7, 11) is 0. The van der Waals surface area contributed by atoms with Crippen LogP contribution >= 0.6 is 0 Å². The number of rotatable bonds is 7. The van der Waals surface area contributed by atoms with E-state index in [-0.39, 0.29) is 5.82 Å². The van der Waals surface area contributed by atoms with Crippen molar-refractivity contribution in [3.05, 3.63) is 102 Å². The zero-order valence-corrected chi connectivity index (χ0v) is 16.9. The molecule has 2 atom stereocenters. The number of halogens is 1. The molecule has 31 heavy (non-hydrogen) atoms. The number of nitrogens with one attached hydrogen (secondary N) is 2. The van der Waals surface area contributed by atoms with Crippen LogP contribution in [0.2, 0.25) is 0 Å². The molecule has 0 aliphatic heterocycles. The summed E-state index contributed by atoms with van der Waals surface area (Å²) in [6.45, 7) is 1.57. The van der Waals surface area contributed by atoms with Crippen LogP contribution in [0.1, 0.15) is 24.1 Å². The molecule has 0 spiro atoms. The summed E-state index contributed by atoms with van der Waals surface area (Å²) in [6.07, 6.45) is 3.33. The number of aromatic amines is 1. The van der Waals surface area contributed by atoms with Crippen LogP contribution in [-0.4, -0.2) is 27.3 Å². The lowest BCUT2D eigenvalue weighted by molar-refractivity contribution is -0.139. The van der Waals surface area contributed by atoms with E-state index < -0.39 is 18.1 Å². The van der Waals surface area contributed by atoms with Gasteiger partial charge in [-0.15, -0.1) is 0 Å². The average Bonchev–Trinajstić information content (AvgIpc) is 3.33. The van der Waals surface area contributed by atoms with E-state index in [4.69, 9.17) is 0 Å². The molecule has 0 bridgehead atoms. The van der Waals surface area contributed by atoms with Crippen LogP contribution < -0.4 is 5.32 Å². The maximum atomic E-state index is 14.7. The Morgan fingerprint density at radius 3 is 2.29 bits per heavy atom. The summed E-state index contributed by atoms with van der Waals surface area (Å²) in [5.74, 6) is -1.30. The third-order valence-corrected chi connectivity index (χ3v) is 5.27. The summed E-state index contributed by atoms with van der Waals surface area (Å²) >= 11 is 0. The number of carboxylic acid groups (broad SMARTS) is 1. The van der Waals surface area contributed by atoms with Gasteiger partial charge in [0.15, 0.2) is 0 Å². The third-order valence-electron chi connectivity index (χ3n) is 5.27. The largest absolute Gasteiger partial charge is 0.480 e. The lowest BCUT2D eigenvalue weighted by atomic mass is 9.94. The average molecular weight is 415 g/mol. The monoisotopic (exact) mass is 415 g/mol. The first-order valence-electron chi connectivity index (χ1n) is 9.96. The van der Waals surface area contributed by atoms with Gasteiger partial charge in [0.05, 0.1) is 12.2 Å². The van der Waals surface area contributed by atoms with Gasteiger partial charge in [0, 0.05) is 17.3 Å². The van der Waals surface area contributed by atoms with E-state index in [0.29, 0.717) is 5.56 Å². The number of carboxylic acids is 1. The maximum Gasteiger partial charge on any atom is 0.320 e. The van der Waals surface area contributed by atoms with Crippen molar-refractivity contribution in [3.8, 4) is 22.3 Å². The maximum absolute atomic E-state index is 14.7. The highest BCUT2D eigenvalue weighted by molar-refractivity contribution is 5.73. The molecule has 3 N–H and O–H groups in total. The second-order valence-electron chi connectivity index (χ2n) is 7.37. The van der Waals surface area contributed by atoms with Crippen LogP contribution in [0.5, 0.6) is 0 Å². The molecule has 6 heteroatoms. The van der Waals surface area contributed by atoms with Gasteiger partial charge in [0.2, 0.25) is 0 Å². The van der Waals surface area contributed by atoms with Crippen molar-refractivity contribution in [1.82, 2.24) is 15.5 Å². The van der Waals surface area contributed by atoms with Crippen LogP contribution in [0.4, 0.5) is 4.39 Å². The molecule has 0 saturated carbocycles. The molecule has 5 nitrogen and oxygen atoms in total. The van der Waals surface area contributed by atoms with Crippen LogP contribution in [0, 0.1) is 5.82 Å². The van der Waals surface area contributed by atoms with Crippen molar-refractivity contribution < 1.29 is 14.3 Å². The topological polar surface area (TPSA) is 78.0 Å². The fraction of sp³-hybridized carbons (Fsp3) is 0.120. The number of aliphatic carboxylic acids is 1. The van der Waals surface area contributed by atoms with Gasteiger partial charge in [-0.05, 0) is 41.3 Å². The molecule has 0 saturated heterocycles. The number of hydrogen-bond donors (Lipinski definition) is 3. The van der Waals surface area contributed by atoms with Crippen LogP contribution in [0.3, 0.4) is 0 Å². The molecule has 4 rings (SSSR count).